The zero-order valence-corrected chi connectivity index (χ0v) is 17.7. The van der Waals surface area contributed by atoms with Gasteiger partial charge < -0.3 is 19.4 Å². The van der Waals surface area contributed by atoms with Gasteiger partial charge in [0.05, 0.1) is 19.9 Å². The van der Waals surface area contributed by atoms with Crippen LogP contribution < -0.4 is 15.0 Å². The number of methoxy groups -OCH3 is 2. The number of hydrogen-bond acceptors (Lipinski definition) is 6. The van der Waals surface area contributed by atoms with E-state index in [0.717, 1.165) is 11.3 Å². The SMILES string of the molecule is COc1ccc([C@@H]2CN(C(=O)c3ccnc(OC)c3)C[C@H]2c2cc(=O)[nH]c(C)n2)cc1. The van der Waals surface area contributed by atoms with Gasteiger partial charge in [-0.15, -0.1) is 0 Å². The lowest BCUT2D eigenvalue weighted by atomic mass is 9.86. The molecule has 3 aromatic rings. The van der Waals surface area contributed by atoms with Gasteiger partial charge in [0.25, 0.3) is 11.5 Å². The van der Waals surface area contributed by atoms with Crippen LogP contribution in [0, 0.1) is 6.92 Å². The normalized spacial score (nSPS) is 18.1. The minimum Gasteiger partial charge on any atom is -0.497 e. The molecule has 1 aliphatic rings. The van der Waals surface area contributed by atoms with Crippen molar-refractivity contribution in [3.05, 3.63) is 81.7 Å². The molecular weight excluding hydrogens is 396 g/mol. The van der Waals surface area contributed by atoms with Crippen LogP contribution in [0.4, 0.5) is 0 Å². The van der Waals surface area contributed by atoms with E-state index in [1.807, 2.05) is 24.3 Å². The Hall–Kier alpha value is -3.68. The number of aromatic nitrogens is 3. The van der Waals surface area contributed by atoms with E-state index in [2.05, 4.69) is 15.0 Å². The molecule has 0 spiro atoms. The van der Waals surface area contributed by atoms with Crippen LogP contribution in [0.3, 0.4) is 0 Å². The quantitative estimate of drug-likeness (QED) is 0.681. The summed E-state index contributed by atoms with van der Waals surface area (Å²) in [7, 11) is 3.14. The molecule has 0 unspecified atom stereocenters. The first-order valence-electron chi connectivity index (χ1n) is 9.99. The summed E-state index contributed by atoms with van der Waals surface area (Å²) in [5.41, 5.74) is 2.06. The third kappa shape index (κ3) is 4.28. The highest BCUT2D eigenvalue weighted by Gasteiger charge is 2.38. The molecule has 1 N–H and O–H groups in total. The van der Waals surface area contributed by atoms with E-state index < -0.39 is 0 Å². The average Bonchev–Trinajstić information content (AvgIpc) is 3.23. The van der Waals surface area contributed by atoms with Crippen molar-refractivity contribution in [2.75, 3.05) is 27.3 Å². The number of aryl methyl sites for hydroxylation is 1. The molecule has 1 saturated heterocycles. The number of nitrogens with zero attached hydrogens (tertiary/aromatic N) is 3. The molecule has 0 radical (unpaired) electrons. The highest BCUT2D eigenvalue weighted by molar-refractivity contribution is 5.94. The van der Waals surface area contributed by atoms with Gasteiger partial charge in [0.2, 0.25) is 5.88 Å². The molecule has 2 atom stereocenters. The number of ether oxygens (including phenoxy) is 2. The smallest absolute Gasteiger partial charge is 0.254 e. The number of aromatic amines is 1. The Labute approximate surface area is 179 Å². The summed E-state index contributed by atoms with van der Waals surface area (Å²) in [6.07, 6.45) is 1.56. The van der Waals surface area contributed by atoms with Gasteiger partial charge in [0.15, 0.2) is 0 Å². The summed E-state index contributed by atoms with van der Waals surface area (Å²) >= 11 is 0. The van der Waals surface area contributed by atoms with E-state index in [-0.39, 0.29) is 23.3 Å². The molecule has 0 bridgehead atoms. The molecule has 8 nitrogen and oxygen atoms in total. The minimum atomic E-state index is -0.195. The largest absolute Gasteiger partial charge is 0.497 e. The van der Waals surface area contributed by atoms with Crippen molar-refractivity contribution in [1.29, 1.82) is 0 Å². The Kier molecular flexibility index (Phi) is 5.70. The van der Waals surface area contributed by atoms with Gasteiger partial charge in [-0.3, -0.25) is 9.59 Å². The highest BCUT2D eigenvalue weighted by atomic mass is 16.5. The van der Waals surface area contributed by atoms with Gasteiger partial charge in [-0.1, -0.05) is 12.1 Å². The fourth-order valence-corrected chi connectivity index (χ4v) is 4.09. The number of pyridine rings is 1. The van der Waals surface area contributed by atoms with E-state index in [1.165, 1.54) is 13.2 Å². The second kappa shape index (κ2) is 8.59. The predicted molar refractivity (Wildman–Crippen MR) is 115 cm³/mol. The number of likely N-dealkylation sites (tertiary alicyclic amines) is 1. The van der Waals surface area contributed by atoms with Crippen molar-refractivity contribution in [2.45, 2.75) is 18.8 Å². The number of hydrogen-bond donors (Lipinski definition) is 1. The van der Waals surface area contributed by atoms with Gasteiger partial charge in [0, 0.05) is 48.8 Å². The number of carbonyl (C=O) groups excluding carboxylic acids is 1. The Morgan fingerprint density at radius 1 is 1.06 bits per heavy atom. The molecule has 2 aromatic heterocycles. The molecule has 1 aromatic carbocycles. The standard InChI is InChI=1S/C23H24N4O4/c1-14-25-20(11-21(28)26-14)19-13-27(23(29)16-8-9-24-22(10-16)31-3)12-18(19)15-4-6-17(30-2)7-5-15/h4-11,18-19H,12-13H2,1-3H3,(H,25,26,28)/t18-,19+/m0/s1. The van der Waals surface area contributed by atoms with Gasteiger partial charge in [-0.25, -0.2) is 9.97 Å². The summed E-state index contributed by atoms with van der Waals surface area (Å²) < 4.78 is 10.4. The lowest BCUT2D eigenvalue weighted by Gasteiger charge is -2.18. The average molecular weight is 420 g/mol. The predicted octanol–water partition coefficient (Wildman–Crippen LogP) is 2.51. The Balaban J connectivity index is 1.69. The molecule has 8 heteroatoms. The van der Waals surface area contributed by atoms with Crippen molar-refractivity contribution >= 4 is 5.91 Å². The van der Waals surface area contributed by atoms with Gasteiger partial charge in [-0.05, 0) is 30.7 Å². The Morgan fingerprint density at radius 3 is 2.48 bits per heavy atom. The van der Waals surface area contributed by atoms with Crippen molar-refractivity contribution in [1.82, 2.24) is 19.9 Å². The zero-order chi connectivity index (χ0) is 22.0. The maximum atomic E-state index is 13.2. The second-order valence-corrected chi connectivity index (χ2v) is 7.54. The van der Waals surface area contributed by atoms with E-state index in [0.29, 0.717) is 36.1 Å². The number of carbonyl (C=O) groups is 1. The van der Waals surface area contributed by atoms with Crippen LogP contribution in [0.5, 0.6) is 11.6 Å². The first-order chi connectivity index (χ1) is 15.0. The molecule has 160 valence electrons. The molecule has 4 rings (SSSR count). The summed E-state index contributed by atoms with van der Waals surface area (Å²) in [4.78, 5) is 38.5. The lowest BCUT2D eigenvalue weighted by molar-refractivity contribution is 0.0788. The van der Waals surface area contributed by atoms with Crippen LogP contribution >= 0.6 is 0 Å². The second-order valence-electron chi connectivity index (χ2n) is 7.54. The Bertz CT molecular complexity index is 1140. The van der Waals surface area contributed by atoms with E-state index in [9.17, 15) is 9.59 Å². The maximum absolute atomic E-state index is 13.2. The molecule has 3 heterocycles. The first kappa shape index (κ1) is 20.6. The van der Waals surface area contributed by atoms with Gasteiger partial charge >= 0.3 is 0 Å². The number of nitrogens with one attached hydrogen (secondary N) is 1. The van der Waals surface area contributed by atoms with Crippen molar-refractivity contribution in [3.8, 4) is 11.6 Å². The monoisotopic (exact) mass is 420 g/mol. The number of amides is 1. The van der Waals surface area contributed by atoms with Crippen LogP contribution in [-0.4, -0.2) is 53.1 Å². The fraction of sp³-hybridized carbons (Fsp3) is 0.304. The highest BCUT2D eigenvalue weighted by Crippen LogP contribution is 2.39. The van der Waals surface area contributed by atoms with E-state index in [1.54, 1.807) is 37.3 Å². The van der Waals surface area contributed by atoms with Crippen LogP contribution in [0.1, 0.15) is 39.3 Å². The van der Waals surface area contributed by atoms with Crippen molar-refractivity contribution in [2.24, 2.45) is 0 Å². The third-order valence-corrected chi connectivity index (χ3v) is 5.60. The summed E-state index contributed by atoms with van der Waals surface area (Å²) in [6.45, 7) is 2.72. The molecule has 1 fully saturated rings. The van der Waals surface area contributed by atoms with Gasteiger partial charge in [0.1, 0.15) is 11.6 Å². The topological polar surface area (TPSA) is 97.4 Å². The molecule has 31 heavy (non-hydrogen) atoms. The molecule has 1 aliphatic heterocycles. The van der Waals surface area contributed by atoms with Crippen molar-refractivity contribution in [3.63, 3.8) is 0 Å². The number of H-pyrrole nitrogens is 1. The lowest BCUT2D eigenvalue weighted by Crippen LogP contribution is -2.29. The molecule has 0 saturated carbocycles. The minimum absolute atomic E-state index is 0.00714. The zero-order valence-electron chi connectivity index (χ0n) is 17.7. The van der Waals surface area contributed by atoms with Gasteiger partial charge in [-0.2, -0.15) is 0 Å². The summed E-state index contributed by atoms with van der Waals surface area (Å²) in [5, 5.41) is 0. The number of rotatable bonds is 5. The van der Waals surface area contributed by atoms with E-state index in [4.69, 9.17) is 9.47 Å². The van der Waals surface area contributed by atoms with Crippen LogP contribution in [0.2, 0.25) is 0 Å². The number of benzene rings is 1. The maximum Gasteiger partial charge on any atom is 0.254 e. The van der Waals surface area contributed by atoms with E-state index >= 15 is 0 Å². The first-order valence-corrected chi connectivity index (χ1v) is 9.99. The Morgan fingerprint density at radius 2 is 1.81 bits per heavy atom. The molecule has 1 amide bonds. The molecule has 0 aliphatic carbocycles. The fourth-order valence-electron chi connectivity index (χ4n) is 4.09. The van der Waals surface area contributed by atoms with Crippen molar-refractivity contribution < 1.29 is 14.3 Å². The summed E-state index contributed by atoms with van der Waals surface area (Å²) in [5.74, 6) is 1.48. The van der Waals surface area contributed by atoms with Crippen LogP contribution in [0.25, 0.3) is 0 Å². The third-order valence-electron chi connectivity index (χ3n) is 5.60. The van der Waals surface area contributed by atoms with Crippen LogP contribution in [0.15, 0.2) is 53.5 Å². The van der Waals surface area contributed by atoms with Crippen LogP contribution in [-0.2, 0) is 0 Å². The molecular formula is C23H24N4O4. The summed E-state index contributed by atoms with van der Waals surface area (Å²) in [6, 6.07) is 12.6.